The molecule has 0 unspecified atom stereocenters. The number of rotatable bonds is 6. The molecule has 0 atom stereocenters. The molecule has 3 N–H and O–H groups in total. The van der Waals surface area contributed by atoms with Gasteiger partial charge in [0.2, 0.25) is 5.91 Å². The molecule has 8 heteroatoms. The van der Waals surface area contributed by atoms with Crippen LogP contribution in [0.2, 0.25) is 5.02 Å². The first kappa shape index (κ1) is 22.5. The van der Waals surface area contributed by atoms with Crippen molar-refractivity contribution in [1.29, 1.82) is 0 Å². The van der Waals surface area contributed by atoms with Crippen molar-refractivity contribution in [2.24, 2.45) is 0 Å². The summed E-state index contributed by atoms with van der Waals surface area (Å²) in [5.41, 5.74) is 2.38. The van der Waals surface area contributed by atoms with E-state index in [1.54, 1.807) is 36.4 Å². The maximum atomic E-state index is 12.2. The number of thiocarbonyl (C=S) groups is 1. The quantitative estimate of drug-likeness (QED) is 0.237. The van der Waals surface area contributed by atoms with Gasteiger partial charge in [-0.3, -0.25) is 10.1 Å². The molecule has 0 bridgehead atoms. The van der Waals surface area contributed by atoms with E-state index >= 15 is 0 Å². The van der Waals surface area contributed by atoms with Gasteiger partial charge in [0.05, 0.1) is 0 Å². The Labute approximate surface area is 200 Å². The van der Waals surface area contributed by atoms with Gasteiger partial charge in [0, 0.05) is 27.9 Å². The van der Waals surface area contributed by atoms with Crippen molar-refractivity contribution in [3.05, 3.63) is 95.4 Å². The topological polar surface area (TPSA) is 87.6 Å². The standard InChI is InChI=1S/C25H19ClN2O4S/c26-18-6-4-16(5-7-18)22-11-8-20(31-22)10-13-24(30)28-25(33)27-19-3-1-2-17(14-19)23-12-9-21(15-29)32-23/h1-14,29H,15H2,(H2,27,28,30,33). The summed E-state index contributed by atoms with van der Waals surface area (Å²) in [6, 6.07) is 21.7. The van der Waals surface area contributed by atoms with Gasteiger partial charge in [-0.1, -0.05) is 23.7 Å². The summed E-state index contributed by atoms with van der Waals surface area (Å²) in [6.45, 7) is -0.165. The smallest absolute Gasteiger partial charge is 0.250 e. The molecule has 1 amide bonds. The van der Waals surface area contributed by atoms with Crippen molar-refractivity contribution in [2.75, 3.05) is 5.32 Å². The Kier molecular flexibility index (Phi) is 7.04. The molecule has 0 aliphatic carbocycles. The third-order valence-electron chi connectivity index (χ3n) is 4.61. The number of amides is 1. The molecule has 0 aliphatic rings. The van der Waals surface area contributed by atoms with E-state index in [-0.39, 0.29) is 11.7 Å². The summed E-state index contributed by atoms with van der Waals surface area (Å²) < 4.78 is 11.3. The summed E-state index contributed by atoms with van der Waals surface area (Å²) >= 11 is 11.1. The Hall–Kier alpha value is -3.65. The number of carbonyl (C=O) groups is 1. The molecule has 0 saturated heterocycles. The number of hydrogen-bond acceptors (Lipinski definition) is 5. The monoisotopic (exact) mass is 478 g/mol. The summed E-state index contributed by atoms with van der Waals surface area (Å²) in [5.74, 6) is 1.91. The Bertz CT molecular complexity index is 1310. The van der Waals surface area contributed by atoms with Crippen LogP contribution in [0.5, 0.6) is 0 Å². The maximum absolute atomic E-state index is 12.2. The predicted octanol–water partition coefficient (Wildman–Crippen LogP) is 5.88. The van der Waals surface area contributed by atoms with E-state index in [1.165, 1.54) is 6.08 Å². The Morgan fingerprint density at radius 1 is 0.970 bits per heavy atom. The largest absolute Gasteiger partial charge is 0.459 e. The van der Waals surface area contributed by atoms with Crippen molar-refractivity contribution < 1.29 is 18.7 Å². The van der Waals surface area contributed by atoms with E-state index in [1.807, 2.05) is 42.5 Å². The van der Waals surface area contributed by atoms with Gasteiger partial charge in [-0.05, 0) is 79.0 Å². The summed E-state index contributed by atoms with van der Waals surface area (Å²) in [4.78, 5) is 12.2. The zero-order chi connectivity index (χ0) is 23.2. The van der Waals surface area contributed by atoms with Gasteiger partial charge in [-0.2, -0.15) is 0 Å². The lowest BCUT2D eigenvalue weighted by Gasteiger charge is -2.09. The SMILES string of the molecule is O=C(C=Cc1ccc(-c2ccc(Cl)cc2)o1)NC(=S)Nc1cccc(-c2ccc(CO)o2)c1. The number of hydrogen-bond donors (Lipinski definition) is 3. The van der Waals surface area contributed by atoms with E-state index in [9.17, 15) is 4.79 Å². The van der Waals surface area contributed by atoms with Crippen molar-refractivity contribution in [1.82, 2.24) is 5.32 Å². The highest BCUT2D eigenvalue weighted by Gasteiger charge is 2.08. The third kappa shape index (κ3) is 5.98. The average Bonchev–Trinajstić information content (AvgIpc) is 3.48. The number of aliphatic hydroxyl groups excluding tert-OH is 1. The van der Waals surface area contributed by atoms with E-state index in [2.05, 4.69) is 10.6 Å². The number of halogens is 1. The molecule has 0 radical (unpaired) electrons. The lowest BCUT2D eigenvalue weighted by Crippen LogP contribution is -2.32. The van der Waals surface area contributed by atoms with E-state index in [0.717, 1.165) is 11.1 Å². The maximum Gasteiger partial charge on any atom is 0.250 e. The summed E-state index contributed by atoms with van der Waals surface area (Å²) in [7, 11) is 0. The Morgan fingerprint density at radius 2 is 1.73 bits per heavy atom. The van der Waals surface area contributed by atoms with Crippen LogP contribution in [0.25, 0.3) is 28.7 Å². The highest BCUT2D eigenvalue weighted by molar-refractivity contribution is 7.80. The van der Waals surface area contributed by atoms with Crippen LogP contribution in [0, 0.1) is 0 Å². The van der Waals surface area contributed by atoms with Gasteiger partial charge in [0.25, 0.3) is 0 Å². The summed E-state index contributed by atoms with van der Waals surface area (Å²) in [6.07, 6.45) is 2.90. The molecule has 4 rings (SSSR count). The first-order valence-electron chi connectivity index (χ1n) is 9.96. The van der Waals surface area contributed by atoms with Crippen LogP contribution in [-0.4, -0.2) is 16.1 Å². The normalized spacial score (nSPS) is 11.0. The van der Waals surface area contributed by atoms with Gasteiger partial charge in [-0.25, -0.2) is 0 Å². The lowest BCUT2D eigenvalue weighted by molar-refractivity contribution is -0.115. The zero-order valence-corrected chi connectivity index (χ0v) is 18.8. The highest BCUT2D eigenvalue weighted by Crippen LogP contribution is 2.25. The fraction of sp³-hybridized carbons (Fsp3) is 0.0400. The molecule has 2 aromatic carbocycles. The van der Waals surface area contributed by atoms with Crippen molar-refractivity contribution in [3.63, 3.8) is 0 Å². The van der Waals surface area contributed by atoms with Crippen molar-refractivity contribution >= 4 is 46.6 Å². The fourth-order valence-electron chi connectivity index (χ4n) is 3.05. The number of furan rings is 2. The minimum atomic E-state index is -0.397. The molecular weight excluding hydrogens is 460 g/mol. The van der Waals surface area contributed by atoms with E-state index < -0.39 is 5.91 Å². The van der Waals surface area contributed by atoms with Crippen molar-refractivity contribution in [2.45, 2.75) is 6.61 Å². The van der Waals surface area contributed by atoms with Crippen LogP contribution in [0.15, 0.2) is 87.7 Å². The summed E-state index contributed by atoms with van der Waals surface area (Å²) in [5, 5.41) is 15.5. The first-order valence-corrected chi connectivity index (χ1v) is 10.7. The number of aliphatic hydroxyl groups is 1. The molecule has 0 aliphatic heterocycles. The van der Waals surface area contributed by atoms with Gasteiger partial charge in [-0.15, -0.1) is 0 Å². The second-order valence-corrected chi connectivity index (χ2v) is 7.84. The number of carbonyl (C=O) groups excluding carboxylic acids is 1. The molecule has 2 heterocycles. The van der Waals surface area contributed by atoms with Crippen LogP contribution in [-0.2, 0) is 11.4 Å². The minimum Gasteiger partial charge on any atom is -0.459 e. The number of nitrogens with one attached hydrogen (secondary N) is 2. The van der Waals surface area contributed by atoms with Gasteiger partial charge >= 0.3 is 0 Å². The first-order chi connectivity index (χ1) is 16.0. The molecule has 166 valence electrons. The fourth-order valence-corrected chi connectivity index (χ4v) is 3.40. The molecule has 0 spiro atoms. The van der Waals surface area contributed by atoms with Crippen molar-refractivity contribution in [3.8, 4) is 22.6 Å². The van der Waals surface area contributed by atoms with Gasteiger partial charge in [0.1, 0.15) is 29.6 Å². The molecule has 0 saturated carbocycles. The van der Waals surface area contributed by atoms with E-state index in [4.69, 9.17) is 37.8 Å². The van der Waals surface area contributed by atoms with Gasteiger partial charge in [0.15, 0.2) is 5.11 Å². The predicted molar refractivity (Wildman–Crippen MR) is 133 cm³/mol. The number of anilines is 1. The molecule has 2 aromatic heterocycles. The molecule has 33 heavy (non-hydrogen) atoms. The molecule has 4 aromatic rings. The average molecular weight is 479 g/mol. The second-order valence-electron chi connectivity index (χ2n) is 6.99. The Morgan fingerprint density at radius 3 is 2.48 bits per heavy atom. The Balaban J connectivity index is 1.33. The number of benzene rings is 2. The molecule has 0 fully saturated rings. The third-order valence-corrected chi connectivity index (χ3v) is 5.07. The lowest BCUT2D eigenvalue weighted by atomic mass is 10.1. The van der Waals surface area contributed by atoms with Crippen LogP contribution in [0.1, 0.15) is 11.5 Å². The van der Waals surface area contributed by atoms with Gasteiger partial charge < -0.3 is 19.3 Å². The second kappa shape index (κ2) is 10.3. The molecular formula is C25H19ClN2O4S. The van der Waals surface area contributed by atoms with E-state index in [0.29, 0.717) is 33.8 Å². The van der Waals surface area contributed by atoms with Crippen LogP contribution >= 0.6 is 23.8 Å². The minimum absolute atomic E-state index is 0.151. The van der Waals surface area contributed by atoms with Crippen LogP contribution in [0.3, 0.4) is 0 Å². The van der Waals surface area contributed by atoms with Crippen LogP contribution < -0.4 is 10.6 Å². The van der Waals surface area contributed by atoms with Crippen LogP contribution in [0.4, 0.5) is 5.69 Å². The molecule has 6 nitrogen and oxygen atoms in total. The highest BCUT2D eigenvalue weighted by atomic mass is 35.5. The zero-order valence-electron chi connectivity index (χ0n) is 17.2.